The second kappa shape index (κ2) is 18.5. The van der Waals surface area contributed by atoms with E-state index >= 15 is 4.39 Å². The summed E-state index contributed by atoms with van der Waals surface area (Å²) in [7, 11) is 0. The zero-order valence-corrected chi connectivity index (χ0v) is 31.5. The van der Waals surface area contributed by atoms with Crippen LogP contribution in [0.25, 0.3) is 11.1 Å². The van der Waals surface area contributed by atoms with Crippen LogP contribution in [0, 0.1) is 18.7 Å². The quantitative estimate of drug-likeness (QED) is 0.151. The number of carbonyl (C=O) groups excluding carboxylic acids is 2. The number of hydrogen-bond donors (Lipinski definition) is 1. The lowest BCUT2D eigenvalue weighted by Gasteiger charge is -2.40. The molecule has 0 radical (unpaired) electrons. The Kier molecular flexibility index (Phi) is 13.4. The molecule has 280 valence electrons. The van der Waals surface area contributed by atoms with Gasteiger partial charge in [-0.25, -0.2) is 9.18 Å². The van der Waals surface area contributed by atoms with Gasteiger partial charge in [0.25, 0.3) is 0 Å². The van der Waals surface area contributed by atoms with Crippen molar-refractivity contribution < 1.29 is 23.5 Å². The van der Waals surface area contributed by atoms with Crippen molar-refractivity contribution >= 4 is 23.6 Å². The maximum Gasteiger partial charge on any atom is 0.408 e. The van der Waals surface area contributed by atoms with E-state index in [2.05, 4.69) is 39.4 Å². The minimum absolute atomic E-state index is 0.0396. The summed E-state index contributed by atoms with van der Waals surface area (Å²) in [4.78, 5) is 33.8. The number of aryl methyl sites for hydroxylation is 1. The number of likely N-dealkylation sites (tertiary alicyclic amines) is 1. The number of nitrogens with one attached hydrogen (secondary N) is 1. The van der Waals surface area contributed by atoms with E-state index in [0.717, 1.165) is 49.5 Å². The van der Waals surface area contributed by atoms with Gasteiger partial charge in [-0.1, -0.05) is 84.4 Å². The third-order valence-corrected chi connectivity index (χ3v) is 10.7. The standard InChI is InChI=1S/C43H50ClFN4O4/c1-3-52-39-17-14-31(2)40(45)38(39)29-48-24-26-49(27-25-48)42(50)41(46-43(51)53-30-32-10-6-4-7-11-32)34-18-21-47(22-19-34)23-20-35-28-36(44)15-16-37(35)33-12-8-5-9-13-33/h4-17,28,34,41H,3,18-27,29-30H2,1-2H3,(H,46,51)/t41-/m1/s1. The van der Waals surface area contributed by atoms with Crippen LogP contribution in [0.4, 0.5) is 9.18 Å². The number of ether oxygens (including phenoxy) is 2. The Balaban J connectivity index is 1.08. The van der Waals surface area contributed by atoms with Crippen LogP contribution in [-0.4, -0.2) is 85.2 Å². The highest BCUT2D eigenvalue weighted by molar-refractivity contribution is 6.30. The fourth-order valence-corrected chi connectivity index (χ4v) is 7.63. The molecule has 4 aromatic rings. The van der Waals surface area contributed by atoms with Gasteiger partial charge in [-0.2, -0.15) is 0 Å². The van der Waals surface area contributed by atoms with Crippen molar-refractivity contribution in [1.29, 1.82) is 0 Å². The van der Waals surface area contributed by atoms with Crippen LogP contribution in [0.5, 0.6) is 5.75 Å². The van der Waals surface area contributed by atoms with Gasteiger partial charge in [0.1, 0.15) is 24.2 Å². The second-order valence-electron chi connectivity index (χ2n) is 14.0. The molecule has 1 atom stereocenters. The van der Waals surface area contributed by atoms with E-state index in [1.807, 2.05) is 72.5 Å². The summed E-state index contributed by atoms with van der Waals surface area (Å²) < 4.78 is 26.5. The van der Waals surface area contributed by atoms with Crippen LogP contribution >= 0.6 is 11.6 Å². The Morgan fingerprint density at radius 3 is 2.28 bits per heavy atom. The number of nitrogens with zero attached hydrogens (tertiary/aromatic N) is 3. The summed E-state index contributed by atoms with van der Waals surface area (Å²) in [5.74, 6) is 0.177. The van der Waals surface area contributed by atoms with Gasteiger partial charge >= 0.3 is 6.09 Å². The molecule has 0 aromatic heterocycles. The molecule has 0 saturated carbocycles. The van der Waals surface area contributed by atoms with E-state index in [-0.39, 0.29) is 24.2 Å². The molecule has 6 rings (SSSR count). The number of benzene rings is 4. The van der Waals surface area contributed by atoms with Crippen LogP contribution in [0.1, 0.15) is 42.0 Å². The molecule has 2 aliphatic heterocycles. The minimum atomic E-state index is -0.705. The van der Waals surface area contributed by atoms with Crippen molar-refractivity contribution in [3.8, 4) is 16.9 Å². The van der Waals surface area contributed by atoms with E-state index in [0.29, 0.717) is 56.2 Å². The number of alkyl carbamates (subject to hydrolysis) is 1. The van der Waals surface area contributed by atoms with E-state index in [1.54, 1.807) is 13.0 Å². The highest BCUT2D eigenvalue weighted by Gasteiger charge is 2.37. The third kappa shape index (κ3) is 10.2. The van der Waals surface area contributed by atoms with Gasteiger partial charge in [0, 0.05) is 49.9 Å². The molecule has 0 spiro atoms. The summed E-state index contributed by atoms with van der Waals surface area (Å²) in [6, 6.07) is 28.8. The molecule has 1 N–H and O–H groups in total. The summed E-state index contributed by atoms with van der Waals surface area (Å²) in [5.41, 5.74) is 5.57. The fourth-order valence-electron chi connectivity index (χ4n) is 7.44. The minimum Gasteiger partial charge on any atom is -0.493 e. The highest BCUT2D eigenvalue weighted by atomic mass is 35.5. The SMILES string of the molecule is CCOc1ccc(C)c(F)c1CN1CCN(C(=O)[C@H](NC(=O)OCc2ccccc2)C2CCN(CCc3cc(Cl)ccc3-c3ccccc3)CC2)CC1. The zero-order valence-electron chi connectivity index (χ0n) is 30.7. The molecule has 0 aliphatic carbocycles. The molecule has 2 fully saturated rings. The Hall–Kier alpha value is -4.44. The molecule has 2 amide bonds. The molecule has 10 heteroatoms. The molecular weight excluding hydrogens is 691 g/mol. The summed E-state index contributed by atoms with van der Waals surface area (Å²) >= 11 is 6.43. The summed E-state index contributed by atoms with van der Waals surface area (Å²) in [6.07, 6.45) is 1.79. The molecular formula is C43H50ClFN4O4. The van der Waals surface area contributed by atoms with E-state index < -0.39 is 12.1 Å². The number of carbonyl (C=O) groups is 2. The Bertz CT molecular complexity index is 1810. The second-order valence-corrected chi connectivity index (χ2v) is 14.4. The highest BCUT2D eigenvalue weighted by Crippen LogP contribution is 2.30. The summed E-state index contributed by atoms with van der Waals surface area (Å²) in [6.45, 7) is 9.26. The smallest absolute Gasteiger partial charge is 0.408 e. The van der Waals surface area contributed by atoms with Crippen molar-refractivity contribution in [2.75, 3.05) is 52.4 Å². The van der Waals surface area contributed by atoms with Gasteiger partial charge in [-0.3, -0.25) is 9.69 Å². The largest absolute Gasteiger partial charge is 0.493 e. The average molecular weight is 741 g/mol. The Morgan fingerprint density at radius 1 is 0.887 bits per heavy atom. The lowest BCUT2D eigenvalue weighted by Crippen LogP contribution is -2.58. The molecule has 4 aromatic carbocycles. The molecule has 2 heterocycles. The Labute approximate surface area is 317 Å². The number of amides is 2. The van der Waals surface area contributed by atoms with Crippen LogP contribution in [0.2, 0.25) is 5.02 Å². The van der Waals surface area contributed by atoms with Crippen LogP contribution in [0.3, 0.4) is 0 Å². The van der Waals surface area contributed by atoms with Crippen LogP contribution < -0.4 is 10.1 Å². The van der Waals surface area contributed by atoms with Crippen LogP contribution in [0.15, 0.2) is 91.0 Å². The molecule has 0 bridgehead atoms. The van der Waals surface area contributed by atoms with Crippen molar-refractivity contribution in [1.82, 2.24) is 20.0 Å². The molecule has 2 aliphatic rings. The van der Waals surface area contributed by atoms with E-state index in [4.69, 9.17) is 21.1 Å². The maximum absolute atomic E-state index is 15.2. The first-order chi connectivity index (χ1) is 25.8. The van der Waals surface area contributed by atoms with Crippen molar-refractivity contribution in [2.24, 2.45) is 5.92 Å². The molecule has 8 nitrogen and oxygen atoms in total. The van der Waals surface area contributed by atoms with Gasteiger partial charge in [-0.15, -0.1) is 0 Å². The molecule has 53 heavy (non-hydrogen) atoms. The predicted octanol–water partition coefficient (Wildman–Crippen LogP) is 7.75. The molecule has 0 unspecified atom stereocenters. The van der Waals surface area contributed by atoms with Gasteiger partial charge in [-0.05, 0) is 98.1 Å². The van der Waals surface area contributed by atoms with Gasteiger partial charge in [0.15, 0.2) is 0 Å². The maximum atomic E-state index is 15.2. The van der Waals surface area contributed by atoms with Gasteiger partial charge in [0.2, 0.25) is 5.91 Å². The van der Waals surface area contributed by atoms with Crippen molar-refractivity contribution in [3.05, 3.63) is 124 Å². The fraction of sp³-hybridized carbons (Fsp3) is 0.395. The number of hydrogen-bond acceptors (Lipinski definition) is 6. The number of piperidine rings is 1. The van der Waals surface area contributed by atoms with E-state index in [1.165, 1.54) is 16.7 Å². The average Bonchev–Trinajstić information content (AvgIpc) is 3.19. The Morgan fingerprint density at radius 2 is 1.58 bits per heavy atom. The first-order valence-electron chi connectivity index (χ1n) is 18.7. The van der Waals surface area contributed by atoms with Gasteiger partial charge in [0.05, 0.1) is 6.61 Å². The van der Waals surface area contributed by atoms with Gasteiger partial charge < -0.3 is 24.6 Å². The zero-order chi connectivity index (χ0) is 37.2. The first-order valence-corrected chi connectivity index (χ1v) is 19.1. The number of halogens is 2. The predicted molar refractivity (Wildman–Crippen MR) is 207 cm³/mol. The van der Waals surface area contributed by atoms with Crippen molar-refractivity contribution in [3.63, 3.8) is 0 Å². The lowest BCUT2D eigenvalue weighted by atomic mass is 9.88. The monoisotopic (exact) mass is 740 g/mol. The van der Waals surface area contributed by atoms with Crippen LogP contribution in [-0.2, 0) is 29.1 Å². The first kappa shape index (κ1) is 38.3. The van der Waals surface area contributed by atoms with Crippen molar-refractivity contribution in [2.45, 2.75) is 52.3 Å². The third-order valence-electron chi connectivity index (χ3n) is 10.5. The van der Waals surface area contributed by atoms with E-state index in [9.17, 15) is 9.59 Å². The number of piperazine rings is 1. The summed E-state index contributed by atoms with van der Waals surface area (Å²) in [5, 5.41) is 3.70. The number of rotatable bonds is 13. The topological polar surface area (TPSA) is 74.3 Å². The lowest BCUT2D eigenvalue weighted by molar-refractivity contribution is -0.137. The normalized spacial score (nSPS) is 16.3. The molecule has 2 saturated heterocycles.